The SMILES string of the molecule is O=C(Cc1ccc([N+](=O)[O-])cc1)Nc1ccc(S(=O)(=O)N2CCCC2)cc1. The molecule has 1 amide bonds. The standard InChI is InChI=1S/C18H19N3O5S/c22-18(13-14-3-7-16(8-4-14)21(23)24)19-15-5-9-17(10-6-15)27(25,26)20-11-1-2-12-20/h3-10H,1-2,11-13H2,(H,19,22). The van der Waals surface area contributed by atoms with E-state index in [0.717, 1.165) is 12.8 Å². The lowest BCUT2D eigenvalue weighted by atomic mass is 10.1. The lowest BCUT2D eigenvalue weighted by Crippen LogP contribution is -2.27. The summed E-state index contributed by atoms with van der Waals surface area (Å²) in [4.78, 5) is 22.5. The number of sulfonamides is 1. The van der Waals surface area contributed by atoms with Crippen LogP contribution < -0.4 is 5.32 Å². The highest BCUT2D eigenvalue weighted by Gasteiger charge is 2.26. The van der Waals surface area contributed by atoms with Gasteiger partial charge in [-0.25, -0.2) is 8.42 Å². The molecular formula is C18H19N3O5S. The first-order valence-corrected chi connectivity index (χ1v) is 9.94. The third-order valence-electron chi connectivity index (χ3n) is 4.35. The Morgan fingerprint density at radius 2 is 1.63 bits per heavy atom. The average molecular weight is 389 g/mol. The molecular weight excluding hydrogens is 370 g/mol. The molecule has 1 N–H and O–H groups in total. The van der Waals surface area contributed by atoms with E-state index < -0.39 is 14.9 Å². The van der Waals surface area contributed by atoms with Gasteiger partial charge in [-0.1, -0.05) is 12.1 Å². The van der Waals surface area contributed by atoms with Crippen LogP contribution in [0.5, 0.6) is 0 Å². The number of hydrogen-bond acceptors (Lipinski definition) is 5. The molecule has 142 valence electrons. The Morgan fingerprint density at radius 1 is 1.04 bits per heavy atom. The van der Waals surface area contributed by atoms with Gasteiger partial charge < -0.3 is 5.32 Å². The molecule has 0 radical (unpaired) electrons. The van der Waals surface area contributed by atoms with Crippen molar-refractivity contribution in [3.8, 4) is 0 Å². The lowest BCUT2D eigenvalue weighted by molar-refractivity contribution is -0.384. The molecule has 2 aromatic carbocycles. The number of nitro benzene ring substituents is 1. The Kier molecular flexibility index (Phi) is 5.52. The van der Waals surface area contributed by atoms with E-state index in [4.69, 9.17) is 0 Å². The zero-order chi connectivity index (χ0) is 19.4. The maximum atomic E-state index is 12.5. The summed E-state index contributed by atoms with van der Waals surface area (Å²) in [6.45, 7) is 1.08. The molecule has 0 saturated carbocycles. The van der Waals surface area contributed by atoms with Crippen molar-refractivity contribution in [1.29, 1.82) is 0 Å². The van der Waals surface area contributed by atoms with Crippen molar-refractivity contribution in [1.82, 2.24) is 4.31 Å². The third-order valence-corrected chi connectivity index (χ3v) is 6.27. The minimum atomic E-state index is -3.48. The number of anilines is 1. The number of rotatable bonds is 6. The Morgan fingerprint density at radius 3 is 2.19 bits per heavy atom. The van der Waals surface area contributed by atoms with Gasteiger partial charge in [-0.05, 0) is 42.7 Å². The van der Waals surface area contributed by atoms with Crippen LogP contribution in [0, 0.1) is 10.1 Å². The number of benzene rings is 2. The molecule has 1 fully saturated rings. The molecule has 1 heterocycles. The van der Waals surface area contributed by atoms with Gasteiger partial charge in [0, 0.05) is 30.9 Å². The molecule has 0 aromatic heterocycles. The van der Waals surface area contributed by atoms with Crippen LogP contribution in [0.15, 0.2) is 53.4 Å². The summed E-state index contributed by atoms with van der Waals surface area (Å²) in [5.41, 5.74) is 1.10. The number of carbonyl (C=O) groups excluding carboxylic acids is 1. The molecule has 8 nitrogen and oxygen atoms in total. The van der Waals surface area contributed by atoms with Crippen LogP contribution in [-0.2, 0) is 21.2 Å². The van der Waals surface area contributed by atoms with Crippen molar-refractivity contribution in [3.63, 3.8) is 0 Å². The van der Waals surface area contributed by atoms with Crippen LogP contribution in [0.25, 0.3) is 0 Å². The zero-order valence-electron chi connectivity index (χ0n) is 14.5. The molecule has 0 unspecified atom stereocenters. The Labute approximate surface area is 157 Å². The molecule has 0 spiro atoms. The van der Waals surface area contributed by atoms with Crippen LogP contribution in [0.2, 0.25) is 0 Å². The first-order chi connectivity index (χ1) is 12.9. The lowest BCUT2D eigenvalue weighted by Gasteiger charge is -2.15. The van der Waals surface area contributed by atoms with Crippen molar-refractivity contribution in [2.75, 3.05) is 18.4 Å². The van der Waals surface area contributed by atoms with Crippen molar-refractivity contribution in [2.24, 2.45) is 0 Å². The molecule has 27 heavy (non-hydrogen) atoms. The summed E-state index contributed by atoms with van der Waals surface area (Å²) in [5.74, 6) is -0.293. The smallest absolute Gasteiger partial charge is 0.269 e. The Bertz CT molecular complexity index is 934. The first kappa shape index (κ1) is 19.0. The van der Waals surface area contributed by atoms with Gasteiger partial charge in [-0.3, -0.25) is 14.9 Å². The maximum Gasteiger partial charge on any atom is 0.269 e. The summed E-state index contributed by atoms with van der Waals surface area (Å²) < 4.78 is 26.4. The predicted octanol–water partition coefficient (Wildman–Crippen LogP) is 2.56. The molecule has 1 aliphatic rings. The van der Waals surface area contributed by atoms with Gasteiger partial charge in [-0.15, -0.1) is 0 Å². The quantitative estimate of drug-likeness (QED) is 0.603. The average Bonchev–Trinajstić information content (AvgIpc) is 3.18. The molecule has 0 bridgehead atoms. The second-order valence-corrected chi connectivity index (χ2v) is 8.22. The van der Waals surface area contributed by atoms with E-state index in [0.29, 0.717) is 24.3 Å². The van der Waals surface area contributed by atoms with Crippen LogP contribution in [0.4, 0.5) is 11.4 Å². The van der Waals surface area contributed by atoms with Gasteiger partial charge in [0.15, 0.2) is 0 Å². The second-order valence-electron chi connectivity index (χ2n) is 6.28. The van der Waals surface area contributed by atoms with Gasteiger partial charge in [0.05, 0.1) is 16.2 Å². The minimum Gasteiger partial charge on any atom is -0.326 e. The summed E-state index contributed by atoms with van der Waals surface area (Å²) >= 11 is 0. The molecule has 0 atom stereocenters. The second kappa shape index (κ2) is 7.85. The van der Waals surface area contributed by atoms with Crippen LogP contribution in [0.3, 0.4) is 0 Å². The molecule has 2 aromatic rings. The van der Waals surface area contributed by atoms with Crippen molar-refractivity contribution in [3.05, 3.63) is 64.2 Å². The zero-order valence-corrected chi connectivity index (χ0v) is 15.3. The topological polar surface area (TPSA) is 110 Å². The van der Waals surface area contributed by atoms with Gasteiger partial charge in [0.2, 0.25) is 15.9 Å². The van der Waals surface area contributed by atoms with E-state index in [1.165, 1.54) is 40.7 Å². The number of amides is 1. The van der Waals surface area contributed by atoms with Crippen molar-refractivity contribution >= 4 is 27.3 Å². The number of nitrogens with zero attached hydrogens (tertiary/aromatic N) is 2. The van der Waals surface area contributed by atoms with Crippen LogP contribution in [0.1, 0.15) is 18.4 Å². The summed E-state index contributed by atoms with van der Waals surface area (Å²) in [5, 5.41) is 13.3. The molecule has 3 rings (SSSR count). The van der Waals surface area contributed by atoms with Gasteiger partial charge >= 0.3 is 0 Å². The van der Waals surface area contributed by atoms with Gasteiger partial charge in [-0.2, -0.15) is 4.31 Å². The highest BCUT2D eigenvalue weighted by molar-refractivity contribution is 7.89. The number of carbonyl (C=O) groups is 1. The minimum absolute atomic E-state index is 0.0334. The fraction of sp³-hybridized carbons (Fsp3) is 0.278. The summed E-state index contributed by atoms with van der Waals surface area (Å²) in [7, 11) is -3.48. The fourth-order valence-electron chi connectivity index (χ4n) is 2.91. The number of nitro groups is 1. The highest BCUT2D eigenvalue weighted by Crippen LogP contribution is 2.22. The van der Waals surface area contributed by atoms with Crippen molar-refractivity contribution in [2.45, 2.75) is 24.2 Å². The van der Waals surface area contributed by atoms with Crippen LogP contribution in [-0.4, -0.2) is 36.6 Å². The van der Waals surface area contributed by atoms with E-state index in [1.54, 1.807) is 12.1 Å². The number of hydrogen-bond donors (Lipinski definition) is 1. The first-order valence-electron chi connectivity index (χ1n) is 8.50. The fourth-order valence-corrected chi connectivity index (χ4v) is 4.43. The van der Waals surface area contributed by atoms with Gasteiger partial charge in [0.1, 0.15) is 0 Å². The van der Waals surface area contributed by atoms with Gasteiger partial charge in [0.25, 0.3) is 5.69 Å². The Hall–Kier alpha value is -2.78. The molecule has 9 heteroatoms. The number of nitrogens with one attached hydrogen (secondary N) is 1. The normalized spacial score (nSPS) is 14.8. The third kappa shape index (κ3) is 4.50. The van der Waals surface area contributed by atoms with E-state index in [9.17, 15) is 23.3 Å². The summed E-state index contributed by atoms with van der Waals surface area (Å²) in [6, 6.07) is 11.8. The number of non-ortho nitro benzene ring substituents is 1. The Balaban J connectivity index is 1.62. The molecule has 1 saturated heterocycles. The summed E-state index contributed by atoms with van der Waals surface area (Å²) in [6.07, 6.45) is 1.80. The van der Waals surface area contributed by atoms with E-state index in [2.05, 4.69) is 5.32 Å². The van der Waals surface area contributed by atoms with Crippen LogP contribution >= 0.6 is 0 Å². The predicted molar refractivity (Wildman–Crippen MR) is 99.9 cm³/mol. The van der Waals surface area contributed by atoms with Crippen molar-refractivity contribution < 1.29 is 18.1 Å². The van der Waals surface area contributed by atoms with E-state index in [1.807, 2.05) is 0 Å². The molecule has 0 aliphatic carbocycles. The molecule has 1 aliphatic heterocycles. The maximum absolute atomic E-state index is 12.5. The largest absolute Gasteiger partial charge is 0.326 e. The van der Waals surface area contributed by atoms with E-state index in [-0.39, 0.29) is 22.9 Å². The monoisotopic (exact) mass is 389 g/mol. The highest BCUT2D eigenvalue weighted by atomic mass is 32.2. The van der Waals surface area contributed by atoms with E-state index >= 15 is 0 Å².